The maximum Gasteiger partial charge on any atom is 0.0595 e. The smallest absolute Gasteiger partial charge is 0.0595 e. The molecule has 20 heavy (non-hydrogen) atoms. The van der Waals surface area contributed by atoms with Crippen LogP contribution in [0.5, 0.6) is 0 Å². The summed E-state index contributed by atoms with van der Waals surface area (Å²) in [5.74, 6) is 0. The molecule has 2 nitrogen and oxygen atoms in total. The summed E-state index contributed by atoms with van der Waals surface area (Å²) < 4.78 is 0. The Kier molecular flexibility index (Phi) is 7.90. The molecular formula is C16H26Cl2N2. The minimum absolute atomic E-state index is 0.200. The van der Waals surface area contributed by atoms with E-state index in [1.165, 1.54) is 12.8 Å². The Bertz CT molecular complexity index is 409. The lowest BCUT2D eigenvalue weighted by molar-refractivity contribution is 0.141. The van der Waals surface area contributed by atoms with Crippen molar-refractivity contribution in [3.05, 3.63) is 33.8 Å². The van der Waals surface area contributed by atoms with E-state index in [9.17, 15) is 0 Å². The molecule has 0 saturated heterocycles. The first-order chi connectivity index (χ1) is 9.54. The quantitative estimate of drug-likeness (QED) is 0.739. The lowest BCUT2D eigenvalue weighted by Gasteiger charge is -2.36. The zero-order chi connectivity index (χ0) is 15.1. The highest BCUT2D eigenvalue weighted by Gasteiger charge is 2.23. The van der Waals surface area contributed by atoms with E-state index in [4.69, 9.17) is 28.9 Å². The van der Waals surface area contributed by atoms with Gasteiger partial charge in [0.25, 0.3) is 0 Å². The van der Waals surface area contributed by atoms with Gasteiger partial charge in [-0.2, -0.15) is 0 Å². The van der Waals surface area contributed by atoms with Gasteiger partial charge >= 0.3 is 0 Å². The first-order valence-corrected chi connectivity index (χ1v) is 8.21. The second-order valence-electron chi connectivity index (χ2n) is 5.27. The average Bonchev–Trinajstić information content (AvgIpc) is 2.46. The van der Waals surface area contributed by atoms with Crippen LogP contribution in [0.3, 0.4) is 0 Å². The summed E-state index contributed by atoms with van der Waals surface area (Å²) in [5.41, 5.74) is 7.19. The fourth-order valence-electron chi connectivity index (χ4n) is 2.44. The first-order valence-electron chi connectivity index (χ1n) is 7.45. The predicted octanol–water partition coefficient (Wildman–Crippen LogP) is 4.89. The number of nitrogens with two attached hydrogens (primary N) is 1. The number of hydrogen-bond acceptors (Lipinski definition) is 2. The largest absolute Gasteiger partial charge is 0.329 e. The highest BCUT2D eigenvalue weighted by molar-refractivity contribution is 6.42. The lowest BCUT2D eigenvalue weighted by atomic mass is 10.0. The zero-order valence-electron chi connectivity index (χ0n) is 12.7. The molecule has 0 aliphatic rings. The van der Waals surface area contributed by atoms with Crippen molar-refractivity contribution in [2.24, 2.45) is 5.73 Å². The Morgan fingerprint density at radius 2 is 1.90 bits per heavy atom. The molecule has 2 N–H and O–H groups in total. The van der Waals surface area contributed by atoms with Crippen molar-refractivity contribution >= 4 is 23.2 Å². The Morgan fingerprint density at radius 3 is 2.40 bits per heavy atom. The molecular weight excluding hydrogens is 291 g/mol. The van der Waals surface area contributed by atoms with Gasteiger partial charge in [-0.1, -0.05) is 49.5 Å². The number of benzene rings is 1. The Hall–Kier alpha value is -0.280. The highest BCUT2D eigenvalue weighted by atomic mass is 35.5. The number of rotatable bonds is 8. The van der Waals surface area contributed by atoms with Crippen molar-refractivity contribution in [3.8, 4) is 0 Å². The van der Waals surface area contributed by atoms with Gasteiger partial charge in [0.1, 0.15) is 0 Å². The van der Waals surface area contributed by atoms with E-state index < -0.39 is 0 Å². The van der Waals surface area contributed by atoms with Gasteiger partial charge in [-0.25, -0.2) is 0 Å². The highest BCUT2D eigenvalue weighted by Crippen LogP contribution is 2.29. The van der Waals surface area contributed by atoms with Gasteiger partial charge in [-0.15, -0.1) is 0 Å². The molecule has 0 aliphatic carbocycles. The van der Waals surface area contributed by atoms with Gasteiger partial charge in [0.15, 0.2) is 0 Å². The zero-order valence-corrected chi connectivity index (χ0v) is 14.2. The van der Waals surface area contributed by atoms with E-state index in [0.717, 1.165) is 18.5 Å². The normalized spacial score (nSPS) is 14.6. The van der Waals surface area contributed by atoms with Crippen LogP contribution in [0, 0.1) is 0 Å². The molecule has 0 fully saturated rings. The maximum absolute atomic E-state index is 6.15. The number of hydrogen-bond donors (Lipinski definition) is 1. The SMILES string of the molecule is CCCCN(C(C)CC)C(CN)c1ccc(Cl)c(Cl)c1. The van der Waals surface area contributed by atoms with Gasteiger partial charge < -0.3 is 5.73 Å². The van der Waals surface area contributed by atoms with Crippen molar-refractivity contribution < 1.29 is 0 Å². The molecule has 2 unspecified atom stereocenters. The van der Waals surface area contributed by atoms with Crippen LogP contribution >= 0.6 is 23.2 Å². The molecule has 0 spiro atoms. The average molecular weight is 317 g/mol. The predicted molar refractivity (Wildman–Crippen MR) is 89.6 cm³/mol. The van der Waals surface area contributed by atoms with Gasteiger partial charge in [-0.3, -0.25) is 4.90 Å². The van der Waals surface area contributed by atoms with Crippen LogP contribution in [0.4, 0.5) is 0 Å². The molecule has 1 aromatic carbocycles. The Balaban J connectivity index is 3.01. The maximum atomic E-state index is 6.15. The second kappa shape index (κ2) is 8.89. The summed E-state index contributed by atoms with van der Waals surface area (Å²) in [4.78, 5) is 2.49. The molecule has 0 saturated carbocycles. The minimum Gasteiger partial charge on any atom is -0.329 e. The van der Waals surface area contributed by atoms with E-state index in [2.05, 4.69) is 25.7 Å². The Labute approximate surface area is 133 Å². The standard InChI is InChI=1S/C16H26Cl2N2/c1-4-6-9-20(12(3)5-2)16(11-19)13-7-8-14(17)15(18)10-13/h7-8,10,12,16H,4-6,9,11,19H2,1-3H3. The summed E-state index contributed by atoms with van der Waals surface area (Å²) in [7, 11) is 0. The third-order valence-corrected chi connectivity index (χ3v) is 4.62. The van der Waals surface area contributed by atoms with E-state index in [0.29, 0.717) is 22.6 Å². The van der Waals surface area contributed by atoms with Crippen LogP contribution in [0.1, 0.15) is 51.6 Å². The molecule has 1 aromatic rings. The molecule has 0 aromatic heterocycles. The van der Waals surface area contributed by atoms with Gasteiger partial charge in [0, 0.05) is 18.6 Å². The number of nitrogens with zero attached hydrogens (tertiary/aromatic N) is 1. The summed E-state index contributed by atoms with van der Waals surface area (Å²) in [6, 6.07) is 6.54. The molecule has 0 radical (unpaired) electrons. The molecule has 1 rings (SSSR count). The third-order valence-electron chi connectivity index (χ3n) is 3.88. The molecule has 2 atom stereocenters. The van der Waals surface area contributed by atoms with Crippen molar-refractivity contribution in [1.82, 2.24) is 4.90 Å². The van der Waals surface area contributed by atoms with Crippen molar-refractivity contribution in [2.45, 2.75) is 52.1 Å². The van der Waals surface area contributed by atoms with E-state index in [-0.39, 0.29) is 6.04 Å². The van der Waals surface area contributed by atoms with E-state index in [1.807, 2.05) is 18.2 Å². The van der Waals surface area contributed by atoms with Crippen LogP contribution in [0.25, 0.3) is 0 Å². The van der Waals surface area contributed by atoms with E-state index in [1.54, 1.807) is 0 Å². The number of halogens is 2. The summed E-state index contributed by atoms with van der Waals surface area (Å²) in [6.07, 6.45) is 3.48. The van der Waals surface area contributed by atoms with Crippen LogP contribution in [0.2, 0.25) is 10.0 Å². The first kappa shape index (κ1) is 17.8. The monoisotopic (exact) mass is 316 g/mol. The summed E-state index contributed by atoms with van der Waals surface area (Å²) in [5, 5.41) is 1.19. The Morgan fingerprint density at radius 1 is 1.20 bits per heavy atom. The van der Waals surface area contributed by atoms with Crippen LogP contribution in [-0.2, 0) is 0 Å². The van der Waals surface area contributed by atoms with Crippen molar-refractivity contribution in [1.29, 1.82) is 0 Å². The van der Waals surface area contributed by atoms with Gasteiger partial charge in [0.2, 0.25) is 0 Å². The van der Waals surface area contributed by atoms with Crippen LogP contribution < -0.4 is 5.73 Å². The second-order valence-corrected chi connectivity index (χ2v) is 6.09. The fraction of sp³-hybridized carbons (Fsp3) is 0.625. The number of unbranched alkanes of at least 4 members (excludes halogenated alkanes) is 1. The minimum atomic E-state index is 0.200. The van der Waals surface area contributed by atoms with Crippen LogP contribution in [0.15, 0.2) is 18.2 Å². The topological polar surface area (TPSA) is 29.3 Å². The van der Waals surface area contributed by atoms with Gasteiger partial charge in [-0.05, 0) is 44.0 Å². The molecule has 0 amide bonds. The van der Waals surface area contributed by atoms with Crippen molar-refractivity contribution in [2.75, 3.05) is 13.1 Å². The fourth-order valence-corrected chi connectivity index (χ4v) is 2.75. The molecule has 0 aliphatic heterocycles. The molecule has 0 bridgehead atoms. The summed E-state index contributed by atoms with van der Waals surface area (Å²) in [6.45, 7) is 8.34. The van der Waals surface area contributed by atoms with Crippen LogP contribution in [-0.4, -0.2) is 24.0 Å². The van der Waals surface area contributed by atoms with Gasteiger partial charge in [0.05, 0.1) is 10.0 Å². The van der Waals surface area contributed by atoms with E-state index >= 15 is 0 Å². The lowest BCUT2D eigenvalue weighted by Crippen LogP contribution is -2.40. The summed E-state index contributed by atoms with van der Waals surface area (Å²) >= 11 is 12.2. The molecule has 114 valence electrons. The molecule has 4 heteroatoms. The molecule has 0 heterocycles. The third kappa shape index (κ3) is 4.63. The van der Waals surface area contributed by atoms with Crippen molar-refractivity contribution in [3.63, 3.8) is 0 Å².